The highest BCUT2D eigenvalue weighted by molar-refractivity contribution is 5.79. The van der Waals surface area contributed by atoms with Gasteiger partial charge < -0.3 is 15.4 Å². The molecule has 0 heterocycles. The predicted molar refractivity (Wildman–Crippen MR) is 100 cm³/mol. The molecule has 0 saturated heterocycles. The van der Waals surface area contributed by atoms with Gasteiger partial charge in [0.25, 0.3) is 0 Å². The Labute approximate surface area is 149 Å². The van der Waals surface area contributed by atoms with E-state index in [0.717, 1.165) is 12.1 Å². The molecule has 25 heavy (non-hydrogen) atoms. The zero-order chi connectivity index (χ0) is 18.1. The molecule has 0 aromatic heterocycles. The van der Waals surface area contributed by atoms with Gasteiger partial charge in [0.2, 0.25) is 0 Å². The van der Waals surface area contributed by atoms with Gasteiger partial charge in [0.15, 0.2) is 5.96 Å². The Hall–Kier alpha value is -2.40. The molecule has 0 saturated carbocycles. The molecule has 0 fully saturated rings. The largest absolute Gasteiger partial charge is 0.375 e. The molecule has 0 amide bonds. The monoisotopic (exact) mass is 343 g/mol. The Morgan fingerprint density at radius 2 is 1.64 bits per heavy atom. The van der Waals surface area contributed by atoms with E-state index in [1.807, 2.05) is 18.2 Å². The standard InChI is InChI=1S/C20H26FN3O/c1-15(16-7-5-4-6-8-16)13-23-20(22-2)24-14-19(25-3)17-9-11-18(21)12-10-17/h4-12,15,19H,13-14H2,1-3H3,(H2,22,23,24). The number of methoxy groups -OCH3 is 1. The summed E-state index contributed by atoms with van der Waals surface area (Å²) in [5, 5.41) is 6.59. The van der Waals surface area contributed by atoms with Crippen LogP contribution in [-0.4, -0.2) is 33.2 Å². The van der Waals surface area contributed by atoms with Crippen molar-refractivity contribution in [3.05, 3.63) is 71.5 Å². The van der Waals surface area contributed by atoms with E-state index >= 15 is 0 Å². The van der Waals surface area contributed by atoms with Gasteiger partial charge in [-0.1, -0.05) is 49.4 Å². The van der Waals surface area contributed by atoms with Crippen LogP contribution in [0.3, 0.4) is 0 Å². The summed E-state index contributed by atoms with van der Waals surface area (Å²) in [6.45, 7) is 3.49. The summed E-state index contributed by atoms with van der Waals surface area (Å²) >= 11 is 0. The lowest BCUT2D eigenvalue weighted by atomic mass is 10.0. The van der Waals surface area contributed by atoms with Gasteiger partial charge in [0.1, 0.15) is 5.82 Å². The number of nitrogens with zero attached hydrogens (tertiary/aromatic N) is 1. The highest BCUT2D eigenvalue weighted by Crippen LogP contribution is 2.16. The first kappa shape index (κ1) is 18.9. The summed E-state index contributed by atoms with van der Waals surface area (Å²) in [6.07, 6.45) is -0.175. The van der Waals surface area contributed by atoms with Crippen LogP contribution in [0.2, 0.25) is 0 Å². The van der Waals surface area contributed by atoms with Gasteiger partial charge in [-0.25, -0.2) is 4.39 Å². The highest BCUT2D eigenvalue weighted by atomic mass is 19.1. The lowest BCUT2D eigenvalue weighted by molar-refractivity contribution is 0.106. The number of hydrogen-bond acceptors (Lipinski definition) is 2. The van der Waals surface area contributed by atoms with Crippen LogP contribution in [0.4, 0.5) is 4.39 Å². The van der Waals surface area contributed by atoms with Gasteiger partial charge in [0, 0.05) is 27.2 Å². The van der Waals surface area contributed by atoms with Crippen LogP contribution >= 0.6 is 0 Å². The number of nitrogens with one attached hydrogen (secondary N) is 2. The van der Waals surface area contributed by atoms with E-state index in [4.69, 9.17) is 4.74 Å². The van der Waals surface area contributed by atoms with Crippen LogP contribution in [0.25, 0.3) is 0 Å². The van der Waals surface area contributed by atoms with E-state index in [1.165, 1.54) is 17.7 Å². The maximum atomic E-state index is 13.1. The van der Waals surface area contributed by atoms with E-state index in [1.54, 1.807) is 26.3 Å². The second kappa shape index (κ2) is 9.79. The zero-order valence-corrected chi connectivity index (χ0v) is 15.0. The van der Waals surface area contributed by atoms with E-state index < -0.39 is 0 Å². The van der Waals surface area contributed by atoms with Crippen LogP contribution in [0.15, 0.2) is 59.6 Å². The average Bonchev–Trinajstić information content (AvgIpc) is 2.66. The first-order valence-corrected chi connectivity index (χ1v) is 8.41. The van der Waals surface area contributed by atoms with Crippen LogP contribution < -0.4 is 10.6 Å². The fourth-order valence-corrected chi connectivity index (χ4v) is 2.57. The van der Waals surface area contributed by atoms with Crippen LogP contribution in [0.5, 0.6) is 0 Å². The molecule has 134 valence electrons. The Morgan fingerprint density at radius 1 is 1.00 bits per heavy atom. The number of guanidine groups is 1. The molecule has 0 aliphatic carbocycles. The van der Waals surface area contributed by atoms with Crippen molar-refractivity contribution < 1.29 is 9.13 Å². The Balaban J connectivity index is 1.85. The number of halogens is 1. The first-order valence-electron chi connectivity index (χ1n) is 8.41. The van der Waals surface area contributed by atoms with Gasteiger partial charge in [0.05, 0.1) is 6.10 Å². The fraction of sp³-hybridized carbons (Fsp3) is 0.350. The smallest absolute Gasteiger partial charge is 0.191 e. The molecule has 0 bridgehead atoms. The minimum Gasteiger partial charge on any atom is -0.375 e. The molecule has 0 aliphatic heterocycles. The van der Waals surface area contributed by atoms with Crippen LogP contribution in [0, 0.1) is 5.82 Å². The molecular formula is C20H26FN3O. The zero-order valence-electron chi connectivity index (χ0n) is 15.0. The number of benzene rings is 2. The van der Waals surface area contributed by atoms with Crippen molar-refractivity contribution in [1.82, 2.24) is 10.6 Å². The van der Waals surface area contributed by atoms with Gasteiger partial charge in [-0.05, 0) is 29.2 Å². The second-order valence-corrected chi connectivity index (χ2v) is 5.92. The summed E-state index contributed by atoms with van der Waals surface area (Å²) in [5.74, 6) is 0.834. The Morgan fingerprint density at radius 3 is 2.24 bits per heavy atom. The van der Waals surface area contributed by atoms with Crippen molar-refractivity contribution in [1.29, 1.82) is 0 Å². The van der Waals surface area contributed by atoms with Gasteiger partial charge in [-0.15, -0.1) is 0 Å². The normalized spacial score (nSPS) is 14.0. The summed E-state index contributed by atoms with van der Waals surface area (Å²) < 4.78 is 18.6. The van der Waals surface area contributed by atoms with Crippen LogP contribution in [-0.2, 0) is 4.74 Å². The van der Waals surface area contributed by atoms with Gasteiger partial charge in [-0.2, -0.15) is 0 Å². The third-order valence-electron chi connectivity index (χ3n) is 4.15. The molecule has 0 aliphatic rings. The molecule has 2 atom stereocenters. The van der Waals surface area contributed by atoms with E-state index in [-0.39, 0.29) is 11.9 Å². The Bertz CT molecular complexity index is 658. The number of hydrogen-bond donors (Lipinski definition) is 2. The molecule has 4 nitrogen and oxygen atoms in total. The van der Waals surface area contributed by atoms with Crippen molar-refractivity contribution in [3.63, 3.8) is 0 Å². The number of rotatable bonds is 7. The number of aliphatic imine (C=N–C) groups is 1. The van der Waals surface area contributed by atoms with Gasteiger partial charge >= 0.3 is 0 Å². The minimum atomic E-state index is -0.251. The lowest BCUT2D eigenvalue weighted by Crippen LogP contribution is -2.41. The highest BCUT2D eigenvalue weighted by Gasteiger charge is 2.12. The summed E-state index contributed by atoms with van der Waals surface area (Å²) in [5.41, 5.74) is 2.20. The van der Waals surface area contributed by atoms with E-state index in [0.29, 0.717) is 18.4 Å². The summed E-state index contributed by atoms with van der Waals surface area (Å²) in [7, 11) is 3.38. The van der Waals surface area contributed by atoms with Crippen molar-refractivity contribution in [2.24, 2.45) is 4.99 Å². The summed E-state index contributed by atoms with van der Waals surface area (Å²) in [4.78, 5) is 4.25. The molecule has 2 aromatic rings. The quantitative estimate of drug-likeness (QED) is 0.598. The predicted octanol–water partition coefficient (Wildman–Crippen LogP) is 3.48. The number of ether oxygens (including phenoxy) is 1. The molecule has 2 aromatic carbocycles. The second-order valence-electron chi connectivity index (χ2n) is 5.92. The first-order chi connectivity index (χ1) is 12.1. The van der Waals surface area contributed by atoms with Crippen molar-refractivity contribution >= 4 is 5.96 Å². The van der Waals surface area contributed by atoms with Crippen molar-refractivity contribution in [3.8, 4) is 0 Å². The lowest BCUT2D eigenvalue weighted by Gasteiger charge is -2.20. The van der Waals surface area contributed by atoms with E-state index in [9.17, 15) is 4.39 Å². The molecule has 0 spiro atoms. The maximum Gasteiger partial charge on any atom is 0.191 e. The molecule has 5 heteroatoms. The molecular weight excluding hydrogens is 317 g/mol. The molecule has 2 unspecified atom stereocenters. The Kier molecular flexibility index (Phi) is 7.41. The van der Waals surface area contributed by atoms with E-state index in [2.05, 4.69) is 34.7 Å². The van der Waals surface area contributed by atoms with Crippen molar-refractivity contribution in [2.45, 2.75) is 18.9 Å². The van der Waals surface area contributed by atoms with Crippen molar-refractivity contribution in [2.75, 3.05) is 27.2 Å². The average molecular weight is 343 g/mol. The fourth-order valence-electron chi connectivity index (χ4n) is 2.57. The minimum absolute atomic E-state index is 0.175. The van der Waals surface area contributed by atoms with Crippen LogP contribution in [0.1, 0.15) is 30.1 Å². The van der Waals surface area contributed by atoms with Gasteiger partial charge in [-0.3, -0.25) is 4.99 Å². The summed E-state index contributed by atoms with van der Waals surface area (Å²) in [6, 6.07) is 16.7. The topological polar surface area (TPSA) is 45.7 Å². The maximum absolute atomic E-state index is 13.1. The molecule has 0 radical (unpaired) electrons. The SMILES string of the molecule is CN=C(NCC(C)c1ccccc1)NCC(OC)c1ccc(F)cc1. The third-order valence-corrected chi connectivity index (χ3v) is 4.15. The molecule has 2 N–H and O–H groups in total. The third kappa shape index (κ3) is 5.87. The molecule has 2 rings (SSSR count).